The number of rotatable bonds is 1. The Kier molecular flexibility index (Phi) is 2.25. The average molecular weight is 214 g/mol. The third-order valence-corrected chi connectivity index (χ3v) is 4.02. The van der Waals surface area contributed by atoms with Gasteiger partial charge in [0.2, 0.25) is 0 Å². The van der Waals surface area contributed by atoms with Gasteiger partial charge in [0.15, 0.2) is 0 Å². The summed E-state index contributed by atoms with van der Waals surface area (Å²) in [4.78, 5) is 5.87. The maximum Gasteiger partial charge on any atom is 0.0457 e. The Morgan fingerprint density at radius 3 is 2.81 bits per heavy atom. The molecule has 1 aliphatic heterocycles. The van der Waals surface area contributed by atoms with Gasteiger partial charge in [-0.1, -0.05) is 18.2 Å². The van der Waals surface area contributed by atoms with Crippen LogP contribution in [-0.2, 0) is 0 Å². The summed E-state index contributed by atoms with van der Waals surface area (Å²) in [5.74, 6) is 0. The minimum absolute atomic E-state index is 0.589. The van der Waals surface area contributed by atoms with Gasteiger partial charge in [-0.3, -0.25) is 4.90 Å². The fraction of sp³-hybridized carbons (Fsp3) is 0.429. The van der Waals surface area contributed by atoms with Crippen molar-refractivity contribution in [1.29, 1.82) is 0 Å². The number of nitrogens with one attached hydrogen (secondary N) is 1. The normalized spacial score (nSPS) is 26.6. The Morgan fingerprint density at radius 1 is 1.25 bits per heavy atom. The highest BCUT2D eigenvalue weighted by molar-refractivity contribution is 5.83. The molecular formula is C14H18N2. The van der Waals surface area contributed by atoms with Crippen molar-refractivity contribution in [1.82, 2.24) is 9.88 Å². The molecule has 1 aromatic heterocycles. The Bertz CT molecular complexity index is 500. The Labute approximate surface area is 96.3 Å². The van der Waals surface area contributed by atoms with Gasteiger partial charge in [0.1, 0.15) is 0 Å². The SMILES string of the molecule is C[C@@H]1CC[C@H](c2c[nH]c3ccccc23)N1C. The minimum Gasteiger partial charge on any atom is -0.361 e. The van der Waals surface area contributed by atoms with Crippen LogP contribution < -0.4 is 0 Å². The molecule has 0 unspecified atom stereocenters. The summed E-state index contributed by atoms with van der Waals surface area (Å²) in [5.41, 5.74) is 2.72. The van der Waals surface area contributed by atoms with Gasteiger partial charge in [-0.15, -0.1) is 0 Å². The molecule has 1 aliphatic rings. The number of likely N-dealkylation sites (tertiary alicyclic amines) is 1. The highest BCUT2D eigenvalue weighted by atomic mass is 15.2. The van der Waals surface area contributed by atoms with Crippen molar-refractivity contribution in [2.24, 2.45) is 0 Å². The maximum atomic E-state index is 3.37. The summed E-state index contributed by atoms with van der Waals surface area (Å²) in [5, 5.41) is 1.38. The lowest BCUT2D eigenvalue weighted by Gasteiger charge is -2.23. The zero-order chi connectivity index (χ0) is 11.1. The van der Waals surface area contributed by atoms with Crippen LogP contribution in [0.2, 0.25) is 0 Å². The second-order valence-electron chi connectivity index (χ2n) is 4.90. The molecule has 1 fully saturated rings. The first kappa shape index (κ1) is 9.91. The number of benzene rings is 1. The van der Waals surface area contributed by atoms with E-state index in [4.69, 9.17) is 0 Å². The number of H-pyrrole nitrogens is 1. The van der Waals surface area contributed by atoms with Crippen LogP contribution >= 0.6 is 0 Å². The van der Waals surface area contributed by atoms with E-state index in [9.17, 15) is 0 Å². The smallest absolute Gasteiger partial charge is 0.0457 e. The molecule has 2 aromatic rings. The second kappa shape index (κ2) is 3.63. The Hall–Kier alpha value is -1.28. The fourth-order valence-electron chi connectivity index (χ4n) is 2.86. The zero-order valence-corrected chi connectivity index (χ0v) is 9.90. The number of aromatic nitrogens is 1. The molecule has 0 spiro atoms. The molecule has 2 atom stereocenters. The number of nitrogens with zero attached hydrogens (tertiary/aromatic N) is 1. The number of aromatic amines is 1. The quantitative estimate of drug-likeness (QED) is 0.771. The molecule has 3 rings (SSSR count). The van der Waals surface area contributed by atoms with Crippen molar-refractivity contribution in [3.8, 4) is 0 Å². The number of para-hydroxylation sites is 1. The van der Waals surface area contributed by atoms with E-state index in [-0.39, 0.29) is 0 Å². The van der Waals surface area contributed by atoms with Crippen LogP contribution in [0.25, 0.3) is 10.9 Å². The molecule has 0 aliphatic carbocycles. The third kappa shape index (κ3) is 1.37. The van der Waals surface area contributed by atoms with Crippen molar-refractivity contribution in [2.75, 3.05) is 7.05 Å². The lowest BCUT2D eigenvalue weighted by molar-refractivity contribution is 0.258. The maximum absolute atomic E-state index is 3.37. The number of hydrogen-bond acceptors (Lipinski definition) is 1. The third-order valence-electron chi connectivity index (χ3n) is 4.02. The average Bonchev–Trinajstić information content (AvgIpc) is 2.85. The predicted molar refractivity (Wildman–Crippen MR) is 67.5 cm³/mol. The monoisotopic (exact) mass is 214 g/mol. The van der Waals surface area contributed by atoms with Gasteiger partial charge in [0.05, 0.1) is 0 Å². The summed E-state index contributed by atoms with van der Waals surface area (Å²) in [7, 11) is 2.24. The van der Waals surface area contributed by atoms with E-state index in [1.54, 1.807) is 0 Å². The van der Waals surface area contributed by atoms with E-state index in [1.807, 2.05) is 0 Å². The largest absolute Gasteiger partial charge is 0.361 e. The predicted octanol–water partition coefficient (Wildman–Crippen LogP) is 3.32. The summed E-state index contributed by atoms with van der Waals surface area (Å²) in [6.07, 6.45) is 4.77. The molecule has 1 saturated heterocycles. The van der Waals surface area contributed by atoms with Crippen molar-refractivity contribution in [3.05, 3.63) is 36.0 Å². The van der Waals surface area contributed by atoms with Gasteiger partial charge in [-0.25, -0.2) is 0 Å². The molecule has 0 bridgehead atoms. The molecule has 0 amide bonds. The van der Waals surface area contributed by atoms with Gasteiger partial charge >= 0.3 is 0 Å². The van der Waals surface area contributed by atoms with Crippen LogP contribution in [0.4, 0.5) is 0 Å². The van der Waals surface area contributed by atoms with Crippen LogP contribution in [0.15, 0.2) is 30.5 Å². The van der Waals surface area contributed by atoms with Crippen LogP contribution in [-0.4, -0.2) is 23.0 Å². The highest BCUT2D eigenvalue weighted by Gasteiger charge is 2.29. The van der Waals surface area contributed by atoms with Gasteiger partial charge in [-0.05, 0) is 38.4 Å². The molecular weight excluding hydrogens is 196 g/mol. The molecule has 0 saturated carbocycles. The van der Waals surface area contributed by atoms with Crippen molar-refractivity contribution in [2.45, 2.75) is 31.8 Å². The van der Waals surface area contributed by atoms with E-state index in [2.05, 4.69) is 54.3 Å². The first-order valence-electron chi connectivity index (χ1n) is 6.05. The molecule has 2 heterocycles. The lowest BCUT2D eigenvalue weighted by atomic mass is 10.0. The first-order valence-corrected chi connectivity index (χ1v) is 6.05. The molecule has 16 heavy (non-hydrogen) atoms. The summed E-state index contributed by atoms with van der Waals surface area (Å²) < 4.78 is 0. The van der Waals surface area contributed by atoms with Crippen LogP contribution in [0.3, 0.4) is 0 Å². The van der Waals surface area contributed by atoms with Crippen molar-refractivity contribution < 1.29 is 0 Å². The van der Waals surface area contributed by atoms with Gasteiger partial charge < -0.3 is 4.98 Å². The molecule has 1 N–H and O–H groups in total. The van der Waals surface area contributed by atoms with E-state index in [1.165, 1.54) is 29.3 Å². The molecule has 0 radical (unpaired) electrons. The van der Waals surface area contributed by atoms with E-state index < -0.39 is 0 Å². The lowest BCUT2D eigenvalue weighted by Crippen LogP contribution is -2.24. The van der Waals surface area contributed by atoms with Gasteiger partial charge in [0, 0.05) is 29.2 Å². The van der Waals surface area contributed by atoms with E-state index >= 15 is 0 Å². The van der Waals surface area contributed by atoms with Crippen LogP contribution in [0, 0.1) is 0 Å². The van der Waals surface area contributed by atoms with Crippen molar-refractivity contribution in [3.63, 3.8) is 0 Å². The Morgan fingerprint density at radius 2 is 2.06 bits per heavy atom. The van der Waals surface area contributed by atoms with E-state index in [0.717, 1.165) is 0 Å². The van der Waals surface area contributed by atoms with Crippen LogP contribution in [0.1, 0.15) is 31.4 Å². The molecule has 1 aromatic carbocycles. The molecule has 2 heteroatoms. The first-order chi connectivity index (χ1) is 7.77. The number of hydrogen-bond donors (Lipinski definition) is 1. The minimum atomic E-state index is 0.589. The van der Waals surface area contributed by atoms with Crippen LogP contribution in [0.5, 0.6) is 0 Å². The van der Waals surface area contributed by atoms with Crippen molar-refractivity contribution >= 4 is 10.9 Å². The highest BCUT2D eigenvalue weighted by Crippen LogP contribution is 2.37. The van der Waals surface area contributed by atoms with Gasteiger partial charge in [-0.2, -0.15) is 0 Å². The summed E-state index contributed by atoms with van der Waals surface area (Å²) in [6, 6.07) is 9.88. The molecule has 84 valence electrons. The standard InChI is InChI=1S/C14H18N2/c1-10-7-8-14(16(10)2)12-9-15-13-6-4-3-5-11(12)13/h3-6,9-10,14-15H,7-8H2,1-2H3/t10-,14-/m1/s1. The van der Waals surface area contributed by atoms with E-state index in [0.29, 0.717) is 12.1 Å². The second-order valence-corrected chi connectivity index (χ2v) is 4.90. The Balaban J connectivity index is 2.06. The van der Waals surface area contributed by atoms with Gasteiger partial charge in [0.25, 0.3) is 0 Å². The number of fused-ring (bicyclic) bond motifs is 1. The fourth-order valence-corrected chi connectivity index (χ4v) is 2.86. The topological polar surface area (TPSA) is 19.0 Å². The molecule has 2 nitrogen and oxygen atoms in total. The summed E-state index contributed by atoms with van der Waals surface area (Å²) >= 11 is 0. The summed E-state index contributed by atoms with van der Waals surface area (Å²) in [6.45, 7) is 2.31. The zero-order valence-electron chi connectivity index (χ0n) is 9.90.